The third kappa shape index (κ3) is 6.23. The van der Waals surface area contributed by atoms with Gasteiger partial charge in [-0.2, -0.15) is 0 Å². The first-order valence-corrected chi connectivity index (χ1v) is 12.4. The Bertz CT molecular complexity index is 1170. The summed E-state index contributed by atoms with van der Waals surface area (Å²) in [7, 11) is 0. The van der Waals surface area contributed by atoms with Crippen LogP contribution in [0, 0.1) is 13.8 Å². The van der Waals surface area contributed by atoms with Gasteiger partial charge in [-0.05, 0) is 61.8 Å². The Labute approximate surface area is 206 Å². The van der Waals surface area contributed by atoms with E-state index in [4.69, 9.17) is 17.0 Å². The summed E-state index contributed by atoms with van der Waals surface area (Å²) in [6.45, 7) is 10.6. The third-order valence-corrected chi connectivity index (χ3v) is 6.82. The zero-order valence-corrected chi connectivity index (χ0v) is 20.9. The van der Waals surface area contributed by atoms with E-state index in [2.05, 4.69) is 45.2 Å². The van der Waals surface area contributed by atoms with Crippen LogP contribution in [0.25, 0.3) is 10.9 Å². The number of ether oxygens (including phenoxy) is 1. The number of nitrogens with one attached hydrogen (secondary N) is 2. The summed E-state index contributed by atoms with van der Waals surface area (Å²) in [5, 5.41) is 5.18. The zero-order valence-electron chi connectivity index (χ0n) is 20.1. The van der Waals surface area contributed by atoms with Gasteiger partial charge < -0.3 is 19.9 Å². The summed E-state index contributed by atoms with van der Waals surface area (Å²) in [6, 6.07) is 16.4. The summed E-state index contributed by atoms with van der Waals surface area (Å²) >= 11 is 5.80. The summed E-state index contributed by atoms with van der Waals surface area (Å²) in [6.07, 6.45) is 1.01. The molecule has 7 heteroatoms. The number of hydrogen-bond donors (Lipinski definition) is 2. The Morgan fingerprint density at radius 3 is 2.59 bits per heavy atom. The minimum Gasteiger partial charge on any atom is -0.379 e. The number of benzene rings is 2. The highest BCUT2D eigenvalue weighted by molar-refractivity contribution is 7.80. The van der Waals surface area contributed by atoms with Crippen LogP contribution in [0.2, 0.25) is 0 Å². The molecule has 3 aromatic rings. The number of morpholine rings is 1. The Hall–Kier alpha value is -2.74. The lowest BCUT2D eigenvalue weighted by molar-refractivity contribution is 0.0376. The molecular weight excluding hydrogens is 444 g/mol. The van der Waals surface area contributed by atoms with Gasteiger partial charge in [0.15, 0.2) is 5.11 Å². The molecule has 2 aromatic carbocycles. The molecule has 0 radical (unpaired) electrons. The normalized spacial score (nSPS) is 14.3. The van der Waals surface area contributed by atoms with Crippen molar-refractivity contribution in [2.45, 2.75) is 33.4 Å². The molecule has 6 nitrogen and oxygen atoms in total. The van der Waals surface area contributed by atoms with Gasteiger partial charge in [-0.1, -0.05) is 42.5 Å². The fourth-order valence-electron chi connectivity index (χ4n) is 4.38. The maximum absolute atomic E-state index is 13.0. The summed E-state index contributed by atoms with van der Waals surface area (Å²) in [4.78, 5) is 20.6. The molecular formula is C27H34N4O2S. The highest BCUT2D eigenvalue weighted by Gasteiger charge is 2.15. The lowest BCUT2D eigenvalue weighted by atomic mass is 10.0. The first kappa shape index (κ1) is 24.4. The Morgan fingerprint density at radius 1 is 1.09 bits per heavy atom. The summed E-state index contributed by atoms with van der Waals surface area (Å²) in [5.41, 5.74) is 4.94. The average Bonchev–Trinajstić information content (AvgIpc) is 2.86. The molecule has 1 aliphatic heterocycles. The summed E-state index contributed by atoms with van der Waals surface area (Å²) in [5.74, 6) is 0. The number of thiocarbonyl (C=S) groups is 1. The molecule has 1 aromatic heterocycles. The van der Waals surface area contributed by atoms with Crippen molar-refractivity contribution < 1.29 is 4.74 Å². The lowest BCUT2D eigenvalue weighted by Gasteiger charge is -2.28. The number of nitrogens with zero attached hydrogens (tertiary/aromatic N) is 2. The fraction of sp³-hybridized carbons (Fsp3) is 0.407. The number of fused-ring (bicyclic) bond motifs is 1. The van der Waals surface area contributed by atoms with E-state index >= 15 is 0 Å². The highest BCUT2D eigenvalue weighted by atomic mass is 32.1. The van der Waals surface area contributed by atoms with E-state index in [1.54, 1.807) is 0 Å². The smallest absolute Gasteiger partial charge is 0.253 e. The van der Waals surface area contributed by atoms with Crippen LogP contribution in [0.3, 0.4) is 0 Å². The van der Waals surface area contributed by atoms with Gasteiger partial charge in [0.1, 0.15) is 0 Å². The first-order chi connectivity index (χ1) is 16.5. The molecule has 1 aliphatic rings. The molecule has 0 unspecified atom stereocenters. The molecule has 4 rings (SSSR count). The van der Waals surface area contributed by atoms with E-state index in [1.165, 1.54) is 0 Å². The van der Waals surface area contributed by atoms with Crippen LogP contribution >= 0.6 is 12.2 Å². The van der Waals surface area contributed by atoms with E-state index in [0.29, 0.717) is 18.2 Å². The average molecular weight is 479 g/mol. The van der Waals surface area contributed by atoms with E-state index in [0.717, 1.165) is 79.0 Å². The quantitative estimate of drug-likeness (QED) is 0.380. The number of aromatic nitrogens is 1. The van der Waals surface area contributed by atoms with Crippen molar-refractivity contribution in [3.63, 3.8) is 0 Å². The maximum atomic E-state index is 13.0. The largest absolute Gasteiger partial charge is 0.379 e. The van der Waals surface area contributed by atoms with Crippen molar-refractivity contribution in [1.29, 1.82) is 0 Å². The molecule has 180 valence electrons. The predicted molar refractivity (Wildman–Crippen MR) is 142 cm³/mol. The molecule has 0 spiro atoms. The van der Waals surface area contributed by atoms with Crippen LogP contribution in [-0.4, -0.2) is 59.3 Å². The maximum Gasteiger partial charge on any atom is 0.253 e. The molecule has 2 N–H and O–H groups in total. The van der Waals surface area contributed by atoms with Crippen LogP contribution < -0.4 is 10.9 Å². The topological polar surface area (TPSA) is 60.6 Å². The van der Waals surface area contributed by atoms with Crippen LogP contribution in [0.5, 0.6) is 0 Å². The Kier molecular flexibility index (Phi) is 8.32. The van der Waals surface area contributed by atoms with Crippen LogP contribution in [0.1, 0.15) is 28.7 Å². The van der Waals surface area contributed by atoms with Gasteiger partial charge in [-0.15, -0.1) is 0 Å². The van der Waals surface area contributed by atoms with Gasteiger partial charge >= 0.3 is 0 Å². The predicted octanol–water partition coefficient (Wildman–Crippen LogP) is 3.74. The van der Waals surface area contributed by atoms with Crippen LogP contribution in [-0.2, 0) is 17.8 Å². The van der Waals surface area contributed by atoms with Gasteiger partial charge in [-0.25, -0.2) is 0 Å². The number of pyridine rings is 1. The minimum atomic E-state index is -0.0608. The van der Waals surface area contributed by atoms with Crippen molar-refractivity contribution in [2.75, 3.05) is 39.4 Å². The number of H-pyrrole nitrogens is 1. The van der Waals surface area contributed by atoms with E-state index in [9.17, 15) is 4.79 Å². The van der Waals surface area contributed by atoms with Gasteiger partial charge in [0.25, 0.3) is 5.56 Å². The molecule has 0 aliphatic carbocycles. The fourth-order valence-corrected chi connectivity index (χ4v) is 4.61. The zero-order chi connectivity index (χ0) is 23.9. The molecule has 2 heterocycles. The molecule has 34 heavy (non-hydrogen) atoms. The van der Waals surface area contributed by atoms with Crippen molar-refractivity contribution in [3.8, 4) is 0 Å². The van der Waals surface area contributed by atoms with Gasteiger partial charge in [0.05, 0.1) is 25.3 Å². The number of aromatic amines is 1. The first-order valence-electron chi connectivity index (χ1n) is 12.0. The lowest BCUT2D eigenvalue weighted by Crippen LogP contribution is -2.42. The second-order valence-electron chi connectivity index (χ2n) is 8.99. The summed E-state index contributed by atoms with van der Waals surface area (Å²) < 4.78 is 5.43. The standard InChI is InChI=1S/C27H34N4O2S/c1-20-9-10-21(2)25-24(20)17-23(26(32)29-25)19-31(18-22-7-4-3-5-8-22)27(34)28-11-6-12-30-13-15-33-16-14-30/h3-5,7-10,17H,6,11-16,18-19H2,1-2H3,(H,28,34)(H,29,32). The van der Waals surface area contributed by atoms with Crippen LogP contribution in [0.15, 0.2) is 53.3 Å². The third-order valence-electron chi connectivity index (χ3n) is 6.42. The molecule has 1 saturated heterocycles. The van der Waals surface area contributed by atoms with E-state index in [1.807, 2.05) is 37.3 Å². The molecule has 1 fully saturated rings. The molecule has 0 saturated carbocycles. The van der Waals surface area contributed by atoms with Crippen LogP contribution in [0.4, 0.5) is 0 Å². The number of hydrogen-bond acceptors (Lipinski definition) is 4. The van der Waals surface area contributed by atoms with E-state index in [-0.39, 0.29) is 5.56 Å². The van der Waals surface area contributed by atoms with Crippen molar-refractivity contribution in [2.24, 2.45) is 0 Å². The van der Waals surface area contributed by atoms with Crippen molar-refractivity contribution >= 4 is 28.2 Å². The van der Waals surface area contributed by atoms with Crippen molar-refractivity contribution in [3.05, 3.63) is 81.1 Å². The second kappa shape index (κ2) is 11.6. The number of aryl methyl sites for hydroxylation is 2. The Balaban J connectivity index is 1.48. The number of rotatable bonds is 8. The van der Waals surface area contributed by atoms with Gasteiger partial charge in [-0.3, -0.25) is 9.69 Å². The SMILES string of the molecule is Cc1ccc(C)c2[nH]c(=O)c(CN(Cc3ccccc3)C(=S)NCCCN3CCOCC3)cc12. The minimum absolute atomic E-state index is 0.0608. The molecule has 0 amide bonds. The molecule has 0 atom stereocenters. The van der Waals surface area contributed by atoms with E-state index < -0.39 is 0 Å². The highest BCUT2D eigenvalue weighted by Crippen LogP contribution is 2.20. The second-order valence-corrected chi connectivity index (χ2v) is 9.38. The molecule has 0 bridgehead atoms. The van der Waals surface area contributed by atoms with Gasteiger partial charge in [0, 0.05) is 37.1 Å². The monoisotopic (exact) mass is 478 g/mol. The van der Waals surface area contributed by atoms with Crippen molar-refractivity contribution in [1.82, 2.24) is 20.1 Å². The Morgan fingerprint density at radius 2 is 1.82 bits per heavy atom. The van der Waals surface area contributed by atoms with Gasteiger partial charge in [0.2, 0.25) is 0 Å².